The van der Waals surface area contributed by atoms with Crippen LogP contribution in [0.5, 0.6) is 0 Å². The van der Waals surface area contributed by atoms with E-state index in [4.69, 9.17) is 23.2 Å². The number of rotatable bonds is 2. The van der Waals surface area contributed by atoms with Crippen molar-refractivity contribution >= 4 is 23.2 Å². The van der Waals surface area contributed by atoms with Crippen molar-refractivity contribution in [2.24, 2.45) is 0 Å². The van der Waals surface area contributed by atoms with Gasteiger partial charge in [0.2, 0.25) is 0 Å². The van der Waals surface area contributed by atoms with E-state index in [9.17, 15) is 0 Å². The predicted molar refractivity (Wildman–Crippen MR) is 93.8 cm³/mol. The van der Waals surface area contributed by atoms with Crippen molar-refractivity contribution in [1.82, 2.24) is 0 Å². The van der Waals surface area contributed by atoms with E-state index in [-0.39, 0.29) is 5.38 Å². The molecule has 0 amide bonds. The van der Waals surface area contributed by atoms with E-state index >= 15 is 0 Å². The second-order valence-corrected chi connectivity index (χ2v) is 6.54. The minimum Gasteiger partial charge on any atom is -0.113 e. The van der Waals surface area contributed by atoms with Crippen molar-refractivity contribution in [3.05, 3.63) is 94.0 Å². The molecule has 1 unspecified atom stereocenters. The third-order valence-electron chi connectivity index (χ3n) is 4.26. The van der Waals surface area contributed by atoms with Gasteiger partial charge in [-0.2, -0.15) is 0 Å². The molecule has 0 spiro atoms. The Hall–Kier alpha value is -1.76. The van der Waals surface area contributed by atoms with Crippen LogP contribution in [0, 0.1) is 0 Å². The lowest BCUT2D eigenvalue weighted by Crippen LogP contribution is -1.94. The zero-order valence-corrected chi connectivity index (χ0v) is 13.4. The van der Waals surface area contributed by atoms with Gasteiger partial charge in [0.15, 0.2) is 0 Å². The summed E-state index contributed by atoms with van der Waals surface area (Å²) in [5, 5.41) is 0.675. The van der Waals surface area contributed by atoms with E-state index < -0.39 is 0 Å². The second kappa shape index (κ2) is 5.46. The number of hydrogen-bond donors (Lipinski definition) is 0. The summed E-state index contributed by atoms with van der Waals surface area (Å²) < 4.78 is 0. The molecule has 1 atom stereocenters. The first-order valence-electron chi connectivity index (χ1n) is 7.33. The Kier molecular flexibility index (Phi) is 3.44. The zero-order valence-electron chi connectivity index (χ0n) is 11.9. The normalized spacial score (nSPS) is 13.5. The topological polar surface area (TPSA) is 0 Å². The Labute approximate surface area is 140 Å². The summed E-state index contributed by atoms with van der Waals surface area (Å²) in [6.07, 6.45) is 0.952. The van der Waals surface area contributed by atoms with Gasteiger partial charge in [-0.3, -0.25) is 0 Å². The van der Waals surface area contributed by atoms with Crippen LogP contribution in [-0.4, -0.2) is 0 Å². The Bertz CT molecular complexity index is 838. The molecule has 0 radical (unpaired) electrons. The molecule has 0 aliphatic heterocycles. The van der Waals surface area contributed by atoms with Gasteiger partial charge in [0.25, 0.3) is 0 Å². The third-order valence-corrected chi connectivity index (χ3v) is 5.00. The summed E-state index contributed by atoms with van der Waals surface area (Å²) in [5.74, 6) is 0. The van der Waals surface area contributed by atoms with Crippen LogP contribution >= 0.6 is 23.2 Å². The molecule has 0 saturated heterocycles. The van der Waals surface area contributed by atoms with Crippen LogP contribution in [0.15, 0.2) is 66.7 Å². The molecule has 22 heavy (non-hydrogen) atoms. The van der Waals surface area contributed by atoms with Crippen LogP contribution in [0.4, 0.5) is 0 Å². The molecule has 1 aliphatic rings. The van der Waals surface area contributed by atoms with Crippen LogP contribution in [0.25, 0.3) is 11.1 Å². The first-order valence-corrected chi connectivity index (χ1v) is 8.14. The van der Waals surface area contributed by atoms with Gasteiger partial charge in [0, 0.05) is 5.02 Å². The Morgan fingerprint density at radius 1 is 0.727 bits per heavy atom. The van der Waals surface area contributed by atoms with Crippen molar-refractivity contribution < 1.29 is 0 Å². The van der Waals surface area contributed by atoms with Crippen LogP contribution < -0.4 is 0 Å². The lowest BCUT2D eigenvalue weighted by atomic mass is 9.99. The molecule has 108 valence electrons. The summed E-state index contributed by atoms with van der Waals surface area (Å²) in [6.45, 7) is 0. The quantitative estimate of drug-likeness (QED) is 0.383. The van der Waals surface area contributed by atoms with Crippen molar-refractivity contribution in [3.63, 3.8) is 0 Å². The summed E-state index contributed by atoms with van der Waals surface area (Å²) in [6, 6.07) is 22.9. The average molecular weight is 325 g/mol. The van der Waals surface area contributed by atoms with E-state index in [0.29, 0.717) is 0 Å². The highest BCUT2D eigenvalue weighted by atomic mass is 35.5. The predicted octanol–water partition coefficient (Wildman–Crippen LogP) is 6.24. The van der Waals surface area contributed by atoms with Gasteiger partial charge in [0.05, 0.1) is 5.38 Å². The molecule has 0 nitrogen and oxygen atoms in total. The fraction of sp³-hybridized carbons (Fsp3) is 0.100. The monoisotopic (exact) mass is 324 g/mol. The van der Waals surface area contributed by atoms with Crippen LogP contribution in [0.1, 0.15) is 27.6 Å². The van der Waals surface area contributed by atoms with E-state index in [1.807, 2.05) is 24.3 Å². The first-order chi connectivity index (χ1) is 10.7. The van der Waals surface area contributed by atoms with Gasteiger partial charge in [-0.15, -0.1) is 11.6 Å². The number of fused-ring (bicyclic) bond motifs is 3. The fourth-order valence-electron chi connectivity index (χ4n) is 3.15. The number of benzene rings is 3. The summed E-state index contributed by atoms with van der Waals surface area (Å²) in [5.41, 5.74) is 7.46. The molecule has 3 aromatic rings. The summed E-state index contributed by atoms with van der Waals surface area (Å²) in [4.78, 5) is 0. The summed E-state index contributed by atoms with van der Waals surface area (Å²) in [7, 11) is 0. The van der Waals surface area contributed by atoms with E-state index in [2.05, 4.69) is 42.5 Å². The molecule has 0 saturated carbocycles. The average Bonchev–Trinajstić information content (AvgIpc) is 2.92. The maximum Gasteiger partial charge on any atom is 0.0835 e. The minimum absolute atomic E-state index is 0.112. The third kappa shape index (κ3) is 2.33. The molecule has 1 aliphatic carbocycles. The maximum absolute atomic E-state index is 6.65. The Morgan fingerprint density at radius 2 is 1.55 bits per heavy atom. The summed E-state index contributed by atoms with van der Waals surface area (Å²) >= 11 is 12.8. The fourth-order valence-corrected chi connectivity index (χ4v) is 3.61. The van der Waals surface area contributed by atoms with E-state index in [1.165, 1.54) is 22.3 Å². The van der Waals surface area contributed by atoms with Gasteiger partial charge < -0.3 is 0 Å². The van der Waals surface area contributed by atoms with Gasteiger partial charge in [0.1, 0.15) is 0 Å². The number of hydrogen-bond acceptors (Lipinski definition) is 0. The minimum atomic E-state index is -0.112. The zero-order chi connectivity index (χ0) is 15.1. The molecular weight excluding hydrogens is 311 g/mol. The van der Waals surface area contributed by atoms with Crippen molar-refractivity contribution in [2.45, 2.75) is 11.8 Å². The van der Waals surface area contributed by atoms with Crippen LogP contribution in [-0.2, 0) is 6.42 Å². The lowest BCUT2D eigenvalue weighted by molar-refractivity contribution is 1.12. The second-order valence-electron chi connectivity index (χ2n) is 5.67. The largest absolute Gasteiger partial charge is 0.113 e. The molecule has 0 bridgehead atoms. The highest BCUT2D eigenvalue weighted by molar-refractivity contribution is 6.31. The van der Waals surface area contributed by atoms with E-state index in [1.54, 1.807) is 0 Å². The molecule has 0 fully saturated rings. The molecule has 0 N–H and O–H groups in total. The molecule has 3 aromatic carbocycles. The number of halogens is 2. The molecule has 4 rings (SSSR count). The van der Waals surface area contributed by atoms with Gasteiger partial charge in [-0.1, -0.05) is 66.2 Å². The Balaban J connectivity index is 1.74. The number of alkyl halides is 1. The molecule has 0 heterocycles. The van der Waals surface area contributed by atoms with Crippen LogP contribution in [0.2, 0.25) is 5.02 Å². The Morgan fingerprint density at radius 3 is 2.36 bits per heavy atom. The molecule has 2 heteroatoms. The van der Waals surface area contributed by atoms with E-state index in [0.717, 1.165) is 22.6 Å². The van der Waals surface area contributed by atoms with Gasteiger partial charge in [-0.05, 0) is 51.9 Å². The highest BCUT2D eigenvalue weighted by Gasteiger charge is 2.20. The molecular formula is C20H14Cl2. The van der Waals surface area contributed by atoms with Crippen molar-refractivity contribution in [1.29, 1.82) is 0 Å². The standard InChI is InChI=1S/C20H14Cl2/c21-17-8-6-14-10-16-11-15(7-9-18(16)19(14)12-17)20(22)13-4-2-1-3-5-13/h1-9,11-12,20H,10H2. The molecule has 0 aromatic heterocycles. The van der Waals surface area contributed by atoms with Crippen molar-refractivity contribution in [2.75, 3.05) is 0 Å². The van der Waals surface area contributed by atoms with Gasteiger partial charge in [-0.25, -0.2) is 0 Å². The van der Waals surface area contributed by atoms with Crippen LogP contribution in [0.3, 0.4) is 0 Å². The van der Waals surface area contributed by atoms with Crippen molar-refractivity contribution in [3.8, 4) is 11.1 Å². The lowest BCUT2D eigenvalue weighted by Gasteiger charge is -2.12. The van der Waals surface area contributed by atoms with Gasteiger partial charge >= 0.3 is 0 Å². The highest BCUT2D eigenvalue weighted by Crippen LogP contribution is 2.40. The first kappa shape index (κ1) is 13.9. The smallest absolute Gasteiger partial charge is 0.0835 e. The maximum atomic E-state index is 6.65. The SMILES string of the molecule is Clc1ccc2c(c1)-c1ccc(C(Cl)c3ccccc3)cc1C2.